The molecule has 1 heterocycles. The van der Waals surface area contributed by atoms with E-state index in [1.165, 1.54) is 11.8 Å². The van der Waals surface area contributed by atoms with Gasteiger partial charge in [-0.05, 0) is 73.0 Å². The number of amides is 1. The second kappa shape index (κ2) is 11.4. The molecular formula is C28H29N3O4S. The van der Waals surface area contributed by atoms with Gasteiger partial charge >= 0.3 is 0 Å². The smallest absolute Gasteiger partial charge is 0.266 e. The monoisotopic (exact) mass is 503 g/mol. The van der Waals surface area contributed by atoms with Crippen molar-refractivity contribution in [2.75, 3.05) is 27.4 Å². The number of carbonyl (C=O) groups excluding carboxylic acids is 1. The molecule has 0 unspecified atom stereocenters. The number of carbonyl (C=O) groups is 1. The molecule has 8 heteroatoms. The van der Waals surface area contributed by atoms with Gasteiger partial charge in [-0.2, -0.15) is 0 Å². The first-order chi connectivity index (χ1) is 17.4. The molecule has 0 radical (unpaired) electrons. The first-order valence-corrected chi connectivity index (χ1v) is 12.6. The third-order valence-corrected chi connectivity index (χ3v) is 6.67. The van der Waals surface area contributed by atoms with Gasteiger partial charge in [0.15, 0.2) is 5.16 Å². The van der Waals surface area contributed by atoms with Crippen LogP contribution in [0.4, 0.5) is 0 Å². The molecule has 0 spiro atoms. The van der Waals surface area contributed by atoms with Gasteiger partial charge in [-0.25, -0.2) is 4.98 Å². The number of nitrogens with one attached hydrogen (secondary N) is 1. The summed E-state index contributed by atoms with van der Waals surface area (Å²) in [5.74, 6) is 1.13. The average Bonchev–Trinajstić information content (AvgIpc) is 2.86. The fourth-order valence-electron chi connectivity index (χ4n) is 3.99. The molecule has 0 saturated carbocycles. The number of hydrogen-bond acceptors (Lipinski definition) is 6. The van der Waals surface area contributed by atoms with Gasteiger partial charge in [-0.3, -0.25) is 14.2 Å². The number of benzene rings is 3. The van der Waals surface area contributed by atoms with Crippen LogP contribution in [0.5, 0.6) is 5.75 Å². The summed E-state index contributed by atoms with van der Waals surface area (Å²) in [6.45, 7) is 4.83. The van der Waals surface area contributed by atoms with Gasteiger partial charge in [0.2, 0.25) is 0 Å². The van der Waals surface area contributed by atoms with E-state index in [1.807, 2.05) is 50.2 Å². The molecule has 0 saturated heterocycles. The first-order valence-electron chi connectivity index (χ1n) is 11.6. The Hall–Kier alpha value is -3.62. The summed E-state index contributed by atoms with van der Waals surface area (Å²) in [5.41, 5.74) is 4.68. The van der Waals surface area contributed by atoms with Crippen molar-refractivity contribution in [3.63, 3.8) is 0 Å². The van der Waals surface area contributed by atoms with Crippen molar-refractivity contribution in [2.24, 2.45) is 0 Å². The molecule has 0 fully saturated rings. The van der Waals surface area contributed by atoms with Crippen molar-refractivity contribution in [2.45, 2.75) is 24.8 Å². The highest BCUT2D eigenvalue weighted by Gasteiger charge is 2.16. The largest absolute Gasteiger partial charge is 0.497 e. The van der Waals surface area contributed by atoms with Crippen LogP contribution in [0.3, 0.4) is 0 Å². The van der Waals surface area contributed by atoms with Gasteiger partial charge < -0.3 is 14.8 Å². The molecular weight excluding hydrogens is 474 g/mol. The second-order valence-corrected chi connectivity index (χ2v) is 9.44. The van der Waals surface area contributed by atoms with E-state index in [-0.39, 0.29) is 11.5 Å². The molecule has 4 rings (SSSR count). The number of nitrogens with zero attached hydrogens (tertiary/aromatic N) is 2. The van der Waals surface area contributed by atoms with Crippen molar-refractivity contribution in [3.05, 3.63) is 93.3 Å². The van der Waals surface area contributed by atoms with Gasteiger partial charge in [-0.1, -0.05) is 30.0 Å². The Morgan fingerprint density at radius 2 is 1.81 bits per heavy atom. The summed E-state index contributed by atoms with van der Waals surface area (Å²) in [7, 11) is 3.22. The average molecular weight is 504 g/mol. The molecule has 36 heavy (non-hydrogen) atoms. The highest BCUT2D eigenvalue weighted by atomic mass is 32.2. The maximum absolute atomic E-state index is 13.7. The van der Waals surface area contributed by atoms with Crippen LogP contribution in [0, 0.1) is 13.8 Å². The molecule has 1 N–H and O–H groups in total. The van der Waals surface area contributed by atoms with Crippen molar-refractivity contribution in [3.8, 4) is 11.4 Å². The van der Waals surface area contributed by atoms with E-state index in [0.29, 0.717) is 40.5 Å². The molecule has 7 nitrogen and oxygen atoms in total. The van der Waals surface area contributed by atoms with Crippen LogP contribution < -0.4 is 15.6 Å². The molecule has 0 aliphatic carbocycles. The van der Waals surface area contributed by atoms with E-state index in [9.17, 15) is 9.59 Å². The fraction of sp³-hybridized carbons (Fsp3) is 0.250. The molecule has 0 aliphatic heterocycles. The fourth-order valence-corrected chi connectivity index (χ4v) is 4.95. The predicted octanol–water partition coefficient (Wildman–Crippen LogP) is 4.68. The SMILES string of the molecule is COCCNC(=O)c1ccc2c(=O)n(-c3cc(C)cc(C)c3)c(SCc3cccc(OC)c3)nc2c1. The van der Waals surface area contributed by atoms with E-state index in [0.717, 1.165) is 28.1 Å². The molecule has 1 amide bonds. The molecule has 0 aliphatic rings. The third-order valence-electron chi connectivity index (χ3n) is 5.66. The van der Waals surface area contributed by atoms with Crippen LogP contribution >= 0.6 is 11.8 Å². The van der Waals surface area contributed by atoms with Gasteiger partial charge in [0.1, 0.15) is 5.75 Å². The van der Waals surface area contributed by atoms with Gasteiger partial charge in [0, 0.05) is 25.0 Å². The van der Waals surface area contributed by atoms with Crippen LogP contribution in [0.25, 0.3) is 16.6 Å². The maximum Gasteiger partial charge on any atom is 0.266 e. The lowest BCUT2D eigenvalue weighted by Gasteiger charge is -2.15. The minimum atomic E-state index is -0.236. The Kier molecular flexibility index (Phi) is 8.07. The minimum Gasteiger partial charge on any atom is -0.497 e. The number of rotatable bonds is 9. The summed E-state index contributed by atoms with van der Waals surface area (Å²) in [5, 5.41) is 3.81. The standard InChI is InChI=1S/C28H29N3O4S/c1-18-12-19(2)14-22(13-18)31-27(33)24-9-8-21(26(32)29-10-11-34-3)16-25(24)30-28(31)36-17-20-6-5-7-23(15-20)35-4/h5-9,12-16H,10-11,17H2,1-4H3,(H,29,32). The minimum absolute atomic E-state index is 0.176. The van der Waals surface area contributed by atoms with Crippen molar-refractivity contribution in [1.82, 2.24) is 14.9 Å². The van der Waals surface area contributed by atoms with Gasteiger partial charge in [-0.15, -0.1) is 0 Å². The number of ether oxygens (including phenoxy) is 2. The summed E-state index contributed by atoms with van der Waals surface area (Å²) >= 11 is 1.47. The topological polar surface area (TPSA) is 82.5 Å². The lowest BCUT2D eigenvalue weighted by atomic mass is 10.1. The van der Waals surface area contributed by atoms with Crippen LogP contribution in [0.1, 0.15) is 27.0 Å². The van der Waals surface area contributed by atoms with Crippen LogP contribution in [-0.2, 0) is 10.5 Å². The summed E-state index contributed by atoms with van der Waals surface area (Å²) < 4.78 is 12.0. The highest BCUT2D eigenvalue weighted by molar-refractivity contribution is 7.98. The molecule has 1 aromatic heterocycles. The van der Waals surface area contributed by atoms with Crippen LogP contribution in [0.15, 0.2) is 70.6 Å². The number of fused-ring (bicyclic) bond motifs is 1. The Bertz CT molecular complexity index is 1450. The van der Waals surface area contributed by atoms with E-state index in [4.69, 9.17) is 14.5 Å². The van der Waals surface area contributed by atoms with Crippen LogP contribution in [-0.4, -0.2) is 42.8 Å². The summed E-state index contributed by atoms with van der Waals surface area (Å²) in [6, 6.07) is 18.8. The van der Waals surface area contributed by atoms with Crippen molar-refractivity contribution >= 4 is 28.6 Å². The Balaban J connectivity index is 1.80. The highest BCUT2D eigenvalue weighted by Crippen LogP contribution is 2.27. The predicted molar refractivity (Wildman–Crippen MR) is 144 cm³/mol. The number of hydrogen-bond donors (Lipinski definition) is 1. The molecule has 4 aromatic rings. The zero-order chi connectivity index (χ0) is 25.7. The zero-order valence-electron chi connectivity index (χ0n) is 20.8. The van der Waals surface area contributed by atoms with E-state index in [1.54, 1.807) is 37.0 Å². The van der Waals surface area contributed by atoms with Gasteiger partial charge in [0.25, 0.3) is 11.5 Å². The number of thioether (sulfide) groups is 1. The Labute approximate surface area is 214 Å². The van der Waals surface area contributed by atoms with Gasteiger partial charge in [0.05, 0.1) is 30.3 Å². The van der Waals surface area contributed by atoms with E-state index >= 15 is 0 Å². The lowest BCUT2D eigenvalue weighted by Crippen LogP contribution is -2.27. The second-order valence-electron chi connectivity index (χ2n) is 8.50. The molecule has 3 aromatic carbocycles. The van der Waals surface area contributed by atoms with E-state index in [2.05, 4.69) is 11.4 Å². The number of aryl methyl sites for hydroxylation is 2. The Morgan fingerprint density at radius 3 is 2.53 bits per heavy atom. The summed E-state index contributed by atoms with van der Waals surface area (Å²) in [4.78, 5) is 31.2. The molecule has 0 atom stereocenters. The normalized spacial score (nSPS) is 11.0. The van der Waals surface area contributed by atoms with Crippen molar-refractivity contribution < 1.29 is 14.3 Å². The first kappa shape index (κ1) is 25.5. The Morgan fingerprint density at radius 1 is 1.03 bits per heavy atom. The van der Waals surface area contributed by atoms with Crippen molar-refractivity contribution in [1.29, 1.82) is 0 Å². The quantitative estimate of drug-likeness (QED) is 0.203. The molecule has 186 valence electrons. The van der Waals surface area contributed by atoms with E-state index < -0.39 is 0 Å². The lowest BCUT2D eigenvalue weighted by molar-refractivity contribution is 0.0937. The molecule has 0 bridgehead atoms. The number of methoxy groups -OCH3 is 2. The summed E-state index contributed by atoms with van der Waals surface area (Å²) in [6.07, 6.45) is 0. The maximum atomic E-state index is 13.7. The third kappa shape index (κ3) is 5.78. The van der Waals surface area contributed by atoms with Crippen LogP contribution in [0.2, 0.25) is 0 Å². The number of aromatic nitrogens is 2. The zero-order valence-corrected chi connectivity index (χ0v) is 21.6.